The lowest BCUT2D eigenvalue weighted by molar-refractivity contribution is -0.253. The molecule has 0 radical (unpaired) electrons. The number of esters is 3. The number of carboxylic acid groups (broad SMARTS) is 1. The molecule has 0 aromatic heterocycles. The second-order valence-corrected chi connectivity index (χ2v) is 24.0. The largest absolute Gasteiger partial charge is 0.481 e. The molecule has 76 heavy (non-hydrogen) atoms. The Hall–Kier alpha value is -4.79. The first kappa shape index (κ1) is 57.4. The standard InChI is InChI=1S/C57H75FO18/c1-33-26-41-40-9-7-35-28-37(61)13-16-51(35,3)56(40,58)43(63)30-53(41,5)57(33,71)54(18-19-59,31-47(68)75-25-23-73-21-20-72-22-24-74-46(67)11-10-45(65)66)49(69)76-32-44(64)55(70)17-14-39-38-8-6-34-27-36(60)12-15-50(34,2)48(38)42(62)29-52(39,55)4/h12-13,15-16,19,27-28,33,38-43,48,62-63,70-71H,6-11,14,17-18,20-26,29-32H2,1-5H3,(H,65,66)/t33-,38?,39?,40?,41?,42+,43+,48?,50+,51+,52+,53+,54?,55+,56+,57-/m1/s1. The number of carbonyl (C=O) groups is 8. The minimum absolute atomic E-state index is 0.00251. The fraction of sp³-hybridized carbons (Fsp3) is 0.719. The lowest BCUT2D eigenvalue weighted by atomic mass is 9.42. The van der Waals surface area contributed by atoms with Gasteiger partial charge >= 0.3 is 23.9 Å². The molecular weight excluding hydrogens is 992 g/mol. The summed E-state index contributed by atoms with van der Waals surface area (Å²) in [6.45, 7) is 7.07. The van der Waals surface area contributed by atoms with E-state index in [2.05, 4.69) is 0 Å². The number of aliphatic hydroxyl groups excluding tert-OH is 2. The Morgan fingerprint density at radius 1 is 0.763 bits per heavy atom. The van der Waals surface area contributed by atoms with Crippen LogP contribution in [0.3, 0.4) is 0 Å². The van der Waals surface area contributed by atoms with E-state index in [-0.39, 0.29) is 107 Å². The third-order valence-electron chi connectivity index (χ3n) is 20.6. The fourth-order valence-electron chi connectivity index (χ4n) is 16.9. The molecule has 6 fully saturated rings. The summed E-state index contributed by atoms with van der Waals surface area (Å²) in [6.07, 6.45) is 6.18. The third-order valence-corrected chi connectivity index (χ3v) is 20.6. The quantitative estimate of drug-likeness (QED) is 0.0461. The monoisotopic (exact) mass is 1070 g/mol. The Morgan fingerprint density at radius 2 is 1.38 bits per heavy atom. The summed E-state index contributed by atoms with van der Waals surface area (Å²) in [7, 11) is 0. The summed E-state index contributed by atoms with van der Waals surface area (Å²) >= 11 is 0. The smallest absolute Gasteiger partial charge is 0.316 e. The maximum absolute atomic E-state index is 18.3. The molecule has 6 saturated carbocycles. The molecule has 0 heterocycles. The van der Waals surface area contributed by atoms with Gasteiger partial charge in [0.15, 0.2) is 23.8 Å². The van der Waals surface area contributed by atoms with Crippen molar-refractivity contribution in [2.24, 2.45) is 62.6 Å². The highest BCUT2D eigenvalue weighted by Crippen LogP contribution is 2.74. The minimum atomic E-state index is -2.51. The zero-order valence-electron chi connectivity index (χ0n) is 44.2. The number of alkyl halides is 1. The Kier molecular flexibility index (Phi) is 15.9. The SMILES string of the molecule is C[C@@H]1CC2C3CCC4=CC(=O)C=C[C@]4(C)[C@@]3(F)[C@@H](O)C[C@]2(C)[C@@]1(O)C(CC=O)(CC(=O)OCCOCCOCCOC(=O)CCC(=O)O)C(=O)OCC(=O)[C@@]1(O)CCC2C3CCC4=CC(=O)C=C[C@]4(C)C3[C@@H](O)C[C@@]21C. The average Bonchev–Trinajstić information content (AvgIpc) is 3.99. The molecule has 0 spiro atoms. The van der Waals surface area contributed by atoms with Gasteiger partial charge in [0.2, 0.25) is 5.78 Å². The first-order valence-corrected chi connectivity index (χ1v) is 26.9. The van der Waals surface area contributed by atoms with Gasteiger partial charge in [-0.1, -0.05) is 51.0 Å². The van der Waals surface area contributed by atoms with Crippen LogP contribution in [0.1, 0.15) is 118 Å². The van der Waals surface area contributed by atoms with Gasteiger partial charge in [0, 0.05) is 39.9 Å². The zero-order valence-corrected chi connectivity index (χ0v) is 44.2. The van der Waals surface area contributed by atoms with Crippen LogP contribution in [-0.4, -0.2) is 148 Å². The van der Waals surface area contributed by atoms with Gasteiger partial charge in [-0.2, -0.15) is 0 Å². The van der Waals surface area contributed by atoms with Crippen LogP contribution in [0, 0.1) is 62.6 Å². The highest BCUT2D eigenvalue weighted by Gasteiger charge is 2.79. The Labute approximate surface area is 441 Å². The molecule has 8 aliphatic rings. The van der Waals surface area contributed by atoms with E-state index in [1.54, 1.807) is 33.8 Å². The van der Waals surface area contributed by atoms with Crippen molar-refractivity contribution in [3.05, 3.63) is 47.6 Å². The van der Waals surface area contributed by atoms with Crippen LogP contribution < -0.4 is 0 Å². The van der Waals surface area contributed by atoms with Crippen molar-refractivity contribution in [3.8, 4) is 0 Å². The van der Waals surface area contributed by atoms with Crippen molar-refractivity contribution in [2.45, 2.75) is 147 Å². The molecule has 0 bridgehead atoms. The number of halogens is 1. The maximum Gasteiger partial charge on any atom is 0.316 e. The molecule has 6 unspecified atom stereocenters. The second-order valence-electron chi connectivity index (χ2n) is 24.0. The molecular formula is C57H75FO18. The van der Waals surface area contributed by atoms with E-state index >= 15 is 9.18 Å². The lowest BCUT2D eigenvalue weighted by Gasteiger charge is -2.64. The van der Waals surface area contributed by atoms with E-state index in [1.807, 2.05) is 13.0 Å². The number of hydrogen-bond acceptors (Lipinski definition) is 17. The number of fused-ring (bicyclic) bond motifs is 10. The highest BCUT2D eigenvalue weighted by atomic mass is 19.1. The van der Waals surface area contributed by atoms with Crippen LogP contribution in [0.2, 0.25) is 0 Å². The number of ketones is 3. The van der Waals surface area contributed by atoms with E-state index in [1.165, 1.54) is 24.3 Å². The topological polar surface area (TPSA) is 284 Å². The molecule has 0 amide bonds. The van der Waals surface area contributed by atoms with Crippen LogP contribution in [0.25, 0.3) is 0 Å². The summed E-state index contributed by atoms with van der Waals surface area (Å²) in [6, 6.07) is 0. The molecule has 0 aliphatic heterocycles. The molecule has 0 aromatic rings. The molecule has 0 saturated heterocycles. The summed E-state index contributed by atoms with van der Waals surface area (Å²) in [5.74, 6) is -8.76. The Bertz CT molecular complexity index is 2500. The number of aliphatic hydroxyl groups is 4. The number of hydrogen-bond donors (Lipinski definition) is 5. The van der Waals surface area contributed by atoms with Gasteiger partial charge in [-0.25, -0.2) is 4.39 Å². The summed E-state index contributed by atoms with van der Waals surface area (Å²) in [4.78, 5) is 104. The molecule has 16 atom stereocenters. The number of aliphatic carboxylic acids is 1. The maximum atomic E-state index is 18.3. The van der Waals surface area contributed by atoms with E-state index in [4.69, 9.17) is 28.8 Å². The highest BCUT2D eigenvalue weighted by molar-refractivity contribution is 6.02. The number of allylic oxidation sites excluding steroid dienone is 8. The first-order chi connectivity index (χ1) is 35.7. The number of carbonyl (C=O) groups excluding carboxylic acids is 7. The lowest BCUT2D eigenvalue weighted by Crippen LogP contribution is -2.71. The number of Topliss-reactive ketones (excluding diaryl/α,β-unsaturated/α-hetero) is 1. The predicted octanol–water partition coefficient (Wildman–Crippen LogP) is 4.41. The molecule has 8 rings (SSSR count). The zero-order chi connectivity index (χ0) is 55.4. The third kappa shape index (κ3) is 8.99. The van der Waals surface area contributed by atoms with E-state index in [0.717, 1.165) is 5.57 Å². The van der Waals surface area contributed by atoms with E-state index in [9.17, 15) is 54.0 Å². The minimum Gasteiger partial charge on any atom is -0.481 e. The van der Waals surface area contributed by atoms with E-state index < -0.39 is 129 Å². The van der Waals surface area contributed by atoms with Crippen molar-refractivity contribution in [2.75, 3.05) is 46.2 Å². The Balaban J connectivity index is 1.02. The van der Waals surface area contributed by atoms with Gasteiger partial charge < -0.3 is 54.0 Å². The van der Waals surface area contributed by atoms with Crippen molar-refractivity contribution in [3.63, 3.8) is 0 Å². The number of aldehydes is 1. The van der Waals surface area contributed by atoms with Crippen LogP contribution in [-0.2, 0) is 62.0 Å². The van der Waals surface area contributed by atoms with Gasteiger partial charge in [0.1, 0.15) is 30.5 Å². The van der Waals surface area contributed by atoms with Crippen LogP contribution in [0.4, 0.5) is 4.39 Å². The molecule has 5 N–H and O–H groups in total. The normalized spacial score (nSPS) is 40.6. The first-order valence-electron chi connectivity index (χ1n) is 26.9. The van der Waals surface area contributed by atoms with Crippen molar-refractivity contribution in [1.29, 1.82) is 0 Å². The number of carboxylic acids is 1. The van der Waals surface area contributed by atoms with Crippen LogP contribution in [0.5, 0.6) is 0 Å². The number of ether oxygens (including phenoxy) is 5. The van der Waals surface area contributed by atoms with Crippen molar-refractivity contribution >= 4 is 47.5 Å². The van der Waals surface area contributed by atoms with Crippen LogP contribution >= 0.6 is 0 Å². The fourth-order valence-corrected chi connectivity index (χ4v) is 16.9. The van der Waals surface area contributed by atoms with Gasteiger partial charge in [-0.05, 0) is 113 Å². The Morgan fingerprint density at radius 3 is 2.04 bits per heavy atom. The molecule has 418 valence electrons. The van der Waals surface area contributed by atoms with Gasteiger partial charge in [0.05, 0.1) is 63.5 Å². The average molecular weight is 1070 g/mol. The van der Waals surface area contributed by atoms with Crippen molar-refractivity contribution < 1.29 is 92.0 Å². The van der Waals surface area contributed by atoms with E-state index in [0.29, 0.717) is 37.5 Å². The molecule has 8 aliphatic carbocycles. The summed E-state index contributed by atoms with van der Waals surface area (Å²) in [5.41, 5.74) is -12.6. The number of rotatable bonds is 21. The van der Waals surface area contributed by atoms with Gasteiger partial charge in [-0.3, -0.25) is 33.6 Å². The molecule has 19 heteroatoms. The van der Waals surface area contributed by atoms with Crippen molar-refractivity contribution in [1.82, 2.24) is 0 Å². The molecule has 18 nitrogen and oxygen atoms in total. The summed E-state index contributed by atoms with van der Waals surface area (Å²) in [5, 5.41) is 59.3. The molecule has 0 aromatic carbocycles. The van der Waals surface area contributed by atoms with Crippen LogP contribution in [0.15, 0.2) is 47.6 Å². The van der Waals surface area contributed by atoms with Gasteiger partial charge in [-0.15, -0.1) is 0 Å². The summed E-state index contributed by atoms with van der Waals surface area (Å²) < 4.78 is 45.6. The van der Waals surface area contributed by atoms with Gasteiger partial charge in [0.25, 0.3) is 0 Å². The predicted molar refractivity (Wildman–Crippen MR) is 265 cm³/mol. The second kappa shape index (κ2) is 21.1.